The fraction of sp³-hybridized carbons (Fsp3) is 0.643. The smallest absolute Gasteiger partial charge is 0.254 e. The number of amides is 1. The molecule has 0 spiro atoms. The van der Waals surface area contributed by atoms with Gasteiger partial charge in [-0.15, -0.1) is 0 Å². The number of ketones is 1. The van der Waals surface area contributed by atoms with E-state index in [4.69, 9.17) is 9.47 Å². The number of carbonyl (C=O) groups is 2. The molecule has 1 aliphatic carbocycles. The second kappa shape index (κ2) is 10.9. The first kappa shape index (κ1) is 26.4. The molecule has 1 amide bonds. The van der Waals surface area contributed by atoms with E-state index in [9.17, 15) is 18.0 Å². The number of rotatable bonds is 9. The molecule has 1 atom stereocenters. The maximum absolute atomic E-state index is 13.5. The number of ether oxygens (including phenoxy) is 2. The van der Waals surface area contributed by atoms with Crippen LogP contribution in [0.1, 0.15) is 61.1 Å². The zero-order valence-electron chi connectivity index (χ0n) is 21.9. The molecule has 2 aliphatic heterocycles. The maximum Gasteiger partial charge on any atom is 0.254 e. The Kier molecular flexibility index (Phi) is 7.75. The Labute approximate surface area is 219 Å². The van der Waals surface area contributed by atoms with Crippen LogP contribution in [-0.2, 0) is 37.1 Å². The molecule has 37 heavy (non-hydrogen) atoms. The summed E-state index contributed by atoms with van der Waals surface area (Å²) in [5, 5.41) is 0.851. The van der Waals surface area contributed by atoms with Crippen molar-refractivity contribution in [3.63, 3.8) is 0 Å². The molecular weight excluding hydrogens is 492 g/mol. The second-order valence-corrected chi connectivity index (χ2v) is 12.8. The number of benzene rings is 1. The van der Waals surface area contributed by atoms with E-state index in [0.717, 1.165) is 62.0 Å². The fourth-order valence-electron chi connectivity index (χ4n) is 6.23. The molecule has 8 nitrogen and oxygen atoms in total. The molecule has 1 aromatic carbocycles. The zero-order chi connectivity index (χ0) is 26.2. The first-order chi connectivity index (χ1) is 17.8. The summed E-state index contributed by atoms with van der Waals surface area (Å²) < 4.78 is 38.6. The molecule has 1 aromatic heterocycles. The summed E-state index contributed by atoms with van der Waals surface area (Å²) in [5.41, 5.74) is 3.08. The van der Waals surface area contributed by atoms with Crippen LogP contribution in [0.25, 0.3) is 10.9 Å². The van der Waals surface area contributed by atoms with Crippen molar-refractivity contribution in [2.45, 2.75) is 52.4 Å². The van der Waals surface area contributed by atoms with Crippen LogP contribution in [0, 0.1) is 17.8 Å². The highest BCUT2D eigenvalue weighted by molar-refractivity contribution is 7.90. The summed E-state index contributed by atoms with van der Waals surface area (Å²) in [6.45, 7) is 6.86. The second-order valence-electron chi connectivity index (χ2n) is 10.7. The Morgan fingerprint density at radius 3 is 2.46 bits per heavy atom. The maximum atomic E-state index is 13.5. The first-order valence-corrected chi connectivity index (χ1v) is 15.3. The van der Waals surface area contributed by atoms with Crippen molar-refractivity contribution in [1.29, 1.82) is 0 Å². The Bertz CT molecular complexity index is 1270. The monoisotopic (exact) mass is 530 g/mol. The number of Topliss-reactive ketones (excluding diaryl/α,β-unsaturated/α-hetero) is 1. The van der Waals surface area contributed by atoms with Gasteiger partial charge >= 0.3 is 0 Å². The average molecular weight is 531 g/mol. The molecule has 2 aromatic rings. The number of carbonyl (C=O) groups excluding carboxylic acids is 2. The van der Waals surface area contributed by atoms with E-state index < -0.39 is 10.0 Å². The van der Waals surface area contributed by atoms with Gasteiger partial charge in [0.2, 0.25) is 10.0 Å². The third-order valence-corrected chi connectivity index (χ3v) is 10.1. The topological polar surface area (TPSA) is 94.9 Å². The average Bonchev–Trinajstić information content (AvgIpc) is 3.23. The first-order valence-electron chi connectivity index (χ1n) is 13.7. The van der Waals surface area contributed by atoms with E-state index in [1.54, 1.807) is 24.0 Å². The molecule has 0 bridgehead atoms. The van der Waals surface area contributed by atoms with Crippen molar-refractivity contribution in [2.75, 3.05) is 45.3 Å². The quantitative estimate of drug-likeness (QED) is 0.493. The SMILES string of the molecule is CCN(CC(=O)CC1COC1)C(=O)c1ccc2c(c1)c1c(n2S(=O)(=O)CC)CCC(C2CCOCC2)C1. The van der Waals surface area contributed by atoms with Gasteiger partial charge < -0.3 is 14.4 Å². The van der Waals surface area contributed by atoms with Crippen molar-refractivity contribution in [2.24, 2.45) is 17.8 Å². The molecule has 1 unspecified atom stereocenters. The summed E-state index contributed by atoms with van der Waals surface area (Å²) in [6.07, 6.45) is 5.03. The lowest BCUT2D eigenvalue weighted by atomic mass is 9.75. The Hall–Kier alpha value is -2.23. The number of hydrogen-bond donors (Lipinski definition) is 0. The van der Waals surface area contributed by atoms with E-state index in [-0.39, 0.29) is 29.9 Å². The molecule has 3 aliphatic rings. The van der Waals surface area contributed by atoms with Gasteiger partial charge in [-0.05, 0) is 81.5 Å². The van der Waals surface area contributed by atoms with Crippen LogP contribution in [0.15, 0.2) is 18.2 Å². The Morgan fingerprint density at radius 2 is 1.81 bits per heavy atom. The molecule has 2 fully saturated rings. The predicted molar refractivity (Wildman–Crippen MR) is 141 cm³/mol. The van der Waals surface area contributed by atoms with Crippen molar-refractivity contribution in [3.8, 4) is 0 Å². The van der Waals surface area contributed by atoms with Gasteiger partial charge in [-0.1, -0.05) is 0 Å². The van der Waals surface area contributed by atoms with E-state index in [1.165, 1.54) is 3.97 Å². The molecule has 9 heteroatoms. The minimum absolute atomic E-state index is 0.0189. The van der Waals surface area contributed by atoms with Gasteiger partial charge in [0.25, 0.3) is 5.91 Å². The lowest BCUT2D eigenvalue weighted by molar-refractivity contribution is -0.125. The van der Waals surface area contributed by atoms with Gasteiger partial charge in [0.15, 0.2) is 5.78 Å². The number of hydrogen-bond acceptors (Lipinski definition) is 6. The summed E-state index contributed by atoms with van der Waals surface area (Å²) in [5.74, 6) is 1.19. The summed E-state index contributed by atoms with van der Waals surface area (Å²) in [4.78, 5) is 27.6. The van der Waals surface area contributed by atoms with Gasteiger partial charge in [-0.25, -0.2) is 12.4 Å². The number of aromatic nitrogens is 1. The molecule has 0 N–H and O–H groups in total. The fourth-order valence-corrected chi connectivity index (χ4v) is 7.48. The van der Waals surface area contributed by atoms with Gasteiger partial charge in [0, 0.05) is 48.7 Å². The van der Waals surface area contributed by atoms with E-state index in [2.05, 4.69) is 0 Å². The van der Waals surface area contributed by atoms with Gasteiger partial charge in [-0.2, -0.15) is 0 Å². The standard InChI is InChI=1S/C28H38N2O6S/c1-3-29(16-23(31)13-19-17-36-18-19)28(32)22-6-8-27-25(15-22)24-14-21(20-9-11-35-12-10-20)5-7-26(24)30(27)37(33,34)4-2/h6,8,15,19-21H,3-5,7,9-14,16-18H2,1-2H3. The number of fused-ring (bicyclic) bond motifs is 3. The van der Waals surface area contributed by atoms with Crippen molar-refractivity contribution < 1.29 is 27.5 Å². The van der Waals surface area contributed by atoms with Crippen LogP contribution in [-0.4, -0.2) is 74.3 Å². The lowest BCUT2D eigenvalue weighted by Gasteiger charge is -2.33. The van der Waals surface area contributed by atoms with Crippen molar-refractivity contribution in [1.82, 2.24) is 8.87 Å². The molecule has 202 valence electrons. The highest BCUT2D eigenvalue weighted by atomic mass is 32.2. The normalized spacial score (nSPS) is 21.0. The van der Waals surface area contributed by atoms with Crippen LogP contribution >= 0.6 is 0 Å². The molecule has 5 rings (SSSR count). The Morgan fingerprint density at radius 1 is 1.05 bits per heavy atom. The highest BCUT2D eigenvalue weighted by Crippen LogP contribution is 2.40. The van der Waals surface area contributed by atoms with Gasteiger partial charge in [-0.3, -0.25) is 9.59 Å². The van der Waals surface area contributed by atoms with E-state index in [1.807, 2.05) is 13.0 Å². The minimum atomic E-state index is -3.50. The zero-order valence-corrected chi connectivity index (χ0v) is 22.7. The lowest BCUT2D eigenvalue weighted by Crippen LogP contribution is -2.38. The molecule has 0 radical (unpaired) electrons. The number of nitrogens with zero attached hydrogens (tertiary/aromatic N) is 2. The third-order valence-electron chi connectivity index (χ3n) is 8.43. The van der Waals surface area contributed by atoms with E-state index >= 15 is 0 Å². The predicted octanol–water partition coefficient (Wildman–Crippen LogP) is 3.44. The van der Waals surface area contributed by atoms with Gasteiger partial charge in [0.1, 0.15) is 0 Å². The van der Waals surface area contributed by atoms with Crippen molar-refractivity contribution in [3.05, 3.63) is 35.0 Å². The summed E-state index contributed by atoms with van der Waals surface area (Å²) >= 11 is 0. The number of likely N-dealkylation sites (N-methyl/N-ethyl adjacent to an activating group) is 1. The molecule has 0 saturated carbocycles. The third kappa shape index (κ3) is 5.22. The van der Waals surface area contributed by atoms with Crippen molar-refractivity contribution >= 4 is 32.6 Å². The minimum Gasteiger partial charge on any atom is -0.381 e. The van der Waals surface area contributed by atoms with Crippen LogP contribution < -0.4 is 0 Å². The Balaban J connectivity index is 1.47. The highest BCUT2D eigenvalue weighted by Gasteiger charge is 2.34. The summed E-state index contributed by atoms with van der Waals surface area (Å²) in [7, 11) is -3.50. The molecule has 2 saturated heterocycles. The summed E-state index contributed by atoms with van der Waals surface area (Å²) in [6, 6.07) is 5.34. The van der Waals surface area contributed by atoms with Crippen LogP contribution in [0.4, 0.5) is 0 Å². The van der Waals surface area contributed by atoms with Crippen LogP contribution in [0.3, 0.4) is 0 Å². The van der Waals surface area contributed by atoms with Crippen LogP contribution in [0.5, 0.6) is 0 Å². The van der Waals surface area contributed by atoms with E-state index in [0.29, 0.717) is 49.1 Å². The molecular formula is C28H38N2O6S. The largest absolute Gasteiger partial charge is 0.381 e. The molecule has 3 heterocycles. The van der Waals surface area contributed by atoms with Gasteiger partial charge in [0.05, 0.1) is 31.0 Å². The van der Waals surface area contributed by atoms with Crippen LogP contribution in [0.2, 0.25) is 0 Å².